The Morgan fingerprint density at radius 2 is 2.22 bits per heavy atom. The lowest BCUT2D eigenvalue weighted by Crippen LogP contribution is -2.38. The van der Waals surface area contributed by atoms with E-state index in [1.165, 1.54) is 32.4 Å². The van der Waals surface area contributed by atoms with Gasteiger partial charge in [0, 0.05) is 40.3 Å². The molecule has 2 aliphatic rings. The minimum atomic E-state index is 0.643. The van der Waals surface area contributed by atoms with Crippen LogP contribution in [0.5, 0.6) is 0 Å². The lowest BCUT2D eigenvalue weighted by molar-refractivity contribution is 0.298. The van der Waals surface area contributed by atoms with Crippen LogP contribution in [0.25, 0.3) is 0 Å². The highest BCUT2D eigenvalue weighted by Crippen LogP contribution is 2.28. The van der Waals surface area contributed by atoms with Gasteiger partial charge in [-0.3, -0.25) is 9.88 Å². The second kappa shape index (κ2) is 5.57. The van der Waals surface area contributed by atoms with Crippen molar-refractivity contribution in [2.75, 3.05) is 13.1 Å². The van der Waals surface area contributed by atoms with E-state index in [4.69, 9.17) is 0 Å². The highest BCUT2D eigenvalue weighted by molar-refractivity contribution is 9.11. The van der Waals surface area contributed by atoms with Gasteiger partial charge in [0.1, 0.15) is 0 Å². The van der Waals surface area contributed by atoms with E-state index in [2.05, 4.69) is 53.1 Å². The van der Waals surface area contributed by atoms with Crippen LogP contribution in [0.4, 0.5) is 0 Å². The number of fused-ring (bicyclic) bond motifs is 1. The lowest BCUT2D eigenvalue weighted by atomic mass is 10.1. The van der Waals surface area contributed by atoms with Crippen LogP contribution in [-0.4, -0.2) is 35.1 Å². The number of nitrogens with one attached hydrogen (secondary N) is 1. The number of rotatable bonds is 3. The minimum Gasteiger partial charge on any atom is -0.307 e. The summed E-state index contributed by atoms with van der Waals surface area (Å²) in [4.78, 5) is 7.08. The quantitative estimate of drug-likeness (QED) is 0.881. The van der Waals surface area contributed by atoms with Crippen molar-refractivity contribution in [1.82, 2.24) is 15.2 Å². The van der Waals surface area contributed by atoms with Crippen molar-refractivity contribution >= 4 is 31.9 Å². The molecule has 2 fully saturated rings. The first-order valence-corrected chi connectivity index (χ1v) is 8.10. The standard InChI is InChI=1S/C13H17Br2N3/c14-9-6-10(15)12(16-7-9)8-17-11-3-5-18-4-1-2-13(11)18/h6-7,11,13,17H,1-5,8H2. The molecule has 0 saturated carbocycles. The van der Waals surface area contributed by atoms with Gasteiger partial charge in [-0.25, -0.2) is 0 Å². The molecule has 3 nitrogen and oxygen atoms in total. The molecular weight excluding hydrogens is 358 g/mol. The van der Waals surface area contributed by atoms with Gasteiger partial charge in [-0.1, -0.05) is 0 Å². The molecule has 0 aromatic carbocycles. The van der Waals surface area contributed by atoms with Crippen molar-refractivity contribution in [1.29, 1.82) is 0 Å². The molecule has 0 bridgehead atoms. The fraction of sp³-hybridized carbons (Fsp3) is 0.615. The fourth-order valence-corrected chi connectivity index (χ4v) is 4.25. The van der Waals surface area contributed by atoms with Gasteiger partial charge >= 0.3 is 0 Å². The largest absolute Gasteiger partial charge is 0.307 e. The normalized spacial score (nSPS) is 27.7. The van der Waals surface area contributed by atoms with Gasteiger partial charge < -0.3 is 5.32 Å². The lowest BCUT2D eigenvalue weighted by Gasteiger charge is -2.21. The monoisotopic (exact) mass is 373 g/mol. The molecule has 2 aliphatic heterocycles. The van der Waals surface area contributed by atoms with Crippen molar-refractivity contribution in [2.24, 2.45) is 0 Å². The summed E-state index contributed by atoms with van der Waals surface area (Å²) < 4.78 is 2.09. The molecule has 2 atom stereocenters. The number of aromatic nitrogens is 1. The maximum atomic E-state index is 4.45. The topological polar surface area (TPSA) is 28.2 Å². The second-order valence-corrected chi connectivity index (χ2v) is 6.87. The number of nitrogens with zero attached hydrogens (tertiary/aromatic N) is 2. The number of hydrogen-bond acceptors (Lipinski definition) is 3. The SMILES string of the molecule is Brc1cnc(CNC2CCN3CCCC23)c(Br)c1. The van der Waals surface area contributed by atoms with E-state index in [1.807, 2.05) is 6.20 Å². The first kappa shape index (κ1) is 13.0. The maximum Gasteiger partial charge on any atom is 0.0684 e. The van der Waals surface area contributed by atoms with Crippen molar-refractivity contribution in [3.8, 4) is 0 Å². The molecule has 18 heavy (non-hydrogen) atoms. The third kappa shape index (κ3) is 2.64. The van der Waals surface area contributed by atoms with Gasteiger partial charge in [0.05, 0.1) is 5.69 Å². The summed E-state index contributed by atoms with van der Waals surface area (Å²) in [6.07, 6.45) is 5.85. The summed E-state index contributed by atoms with van der Waals surface area (Å²) in [5.41, 5.74) is 1.09. The van der Waals surface area contributed by atoms with E-state index in [0.29, 0.717) is 6.04 Å². The predicted octanol–water partition coefficient (Wildman–Crippen LogP) is 2.93. The van der Waals surface area contributed by atoms with Crippen molar-refractivity contribution in [3.05, 3.63) is 26.9 Å². The Balaban J connectivity index is 1.61. The zero-order valence-electron chi connectivity index (χ0n) is 10.2. The summed E-state index contributed by atoms with van der Waals surface area (Å²) in [6, 6.07) is 3.46. The summed E-state index contributed by atoms with van der Waals surface area (Å²) in [6.45, 7) is 3.41. The average Bonchev–Trinajstić information content (AvgIpc) is 2.91. The minimum absolute atomic E-state index is 0.643. The van der Waals surface area contributed by atoms with Crippen LogP contribution in [0.3, 0.4) is 0 Å². The Morgan fingerprint density at radius 1 is 1.33 bits per heavy atom. The van der Waals surface area contributed by atoms with Gasteiger partial charge in [-0.05, 0) is 63.7 Å². The molecule has 3 rings (SSSR count). The number of pyridine rings is 1. The Kier molecular flexibility index (Phi) is 4.03. The summed E-state index contributed by atoms with van der Waals surface area (Å²) >= 11 is 7.00. The fourth-order valence-electron chi connectivity index (χ4n) is 3.12. The van der Waals surface area contributed by atoms with Crippen molar-refractivity contribution in [3.63, 3.8) is 0 Å². The summed E-state index contributed by atoms with van der Waals surface area (Å²) in [7, 11) is 0. The predicted molar refractivity (Wildman–Crippen MR) is 79.5 cm³/mol. The van der Waals surface area contributed by atoms with Crippen LogP contribution in [0.1, 0.15) is 25.0 Å². The molecule has 0 aliphatic carbocycles. The van der Waals surface area contributed by atoms with E-state index in [9.17, 15) is 0 Å². The number of halogens is 2. The third-order valence-electron chi connectivity index (χ3n) is 4.02. The van der Waals surface area contributed by atoms with Crippen LogP contribution >= 0.6 is 31.9 Å². The molecule has 1 aromatic heterocycles. The van der Waals surface area contributed by atoms with Gasteiger partial charge in [-0.15, -0.1) is 0 Å². The van der Waals surface area contributed by atoms with Crippen LogP contribution in [0, 0.1) is 0 Å². The molecule has 0 radical (unpaired) electrons. The van der Waals surface area contributed by atoms with Gasteiger partial charge in [0.2, 0.25) is 0 Å². The second-order valence-electron chi connectivity index (χ2n) is 5.10. The molecule has 0 amide bonds. The van der Waals surface area contributed by atoms with Crippen molar-refractivity contribution < 1.29 is 0 Å². The Bertz CT molecular complexity index is 438. The van der Waals surface area contributed by atoms with Crippen LogP contribution in [0.15, 0.2) is 21.2 Å². The number of hydrogen-bond donors (Lipinski definition) is 1. The molecule has 2 unspecified atom stereocenters. The molecule has 1 N–H and O–H groups in total. The third-order valence-corrected chi connectivity index (χ3v) is 5.14. The Hall–Kier alpha value is 0.0300. The Labute approximate surface area is 125 Å². The zero-order chi connectivity index (χ0) is 12.5. The smallest absolute Gasteiger partial charge is 0.0684 e. The van der Waals surface area contributed by atoms with E-state index >= 15 is 0 Å². The van der Waals surface area contributed by atoms with Gasteiger partial charge in [0.25, 0.3) is 0 Å². The maximum absolute atomic E-state index is 4.45. The highest BCUT2D eigenvalue weighted by Gasteiger charge is 2.36. The molecular formula is C13H17Br2N3. The molecule has 5 heteroatoms. The van der Waals surface area contributed by atoms with Crippen LogP contribution in [-0.2, 0) is 6.54 Å². The average molecular weight is 375 g/mol. The first-order valence-electron chi connectivity index (χ1n) is 6.51. The molecule has 0 spiro atoms. The van der Waals surface area contributed by atoms with Crippen LogP contribution < -0.4 is 5.32 Å². The highest BCUT2D eigenvalue weighted by atomic mass is 79.9. The van der Waals surface area contributed by atoms with Gasteiger partial charge in [-0.2, -0.15) is 0 Å². The summed E-state index contributed by atoms with van der Waals surface area (Å²) in [5.74, 6) is 0. The van der Waals surface area contributed by atoms with E-state index in [1.54, 1.807) is 0 Å². The Morgan fingerprint density at radius 3 is 3.06 bits per heavy atom. The van der Waals surface area contributed by atoms with Crippen molar-refractivity contribution in [2.45, 2.75) is 37.9 Å². The molecule has 2 saturated heterocycles. The van der Waals surface area contributed by atoms with E-state index in [0.717, 1.165) is 27.2 Å². The van der Waals surface area contributed by atoms with E-state index < -0.39 is 0 Å². The molecule has 3 heterocycles. The molecule has 98 valence electrons. The molecule has 1 aromatic rings. The summed E-state index contributed by atoms with van der Waals surface area (Å²) in [5, 5.41) is 3.68. The van der Waals surface area contributed by atoms with E-state index in [-0.39, 0.29) is 0 Å². The first-order chi connectivity index (χ1) is 8.74. The van der Waals surface area contributed by atoms with Crippen LogP contribution in [0.2, 0.25) is 0 Å². The van der Waals surface area contributed by atoms with Gasteiger partial charge in [0.15, 0.2) is 0 Å². The zero-order valence-corrected chi connectivity index (χ0v) is 13.4.